The second-order valence-electron chi connectivity index (χ2n) is 5.36. The van der Waals surface area contributed by atoms with Crippen LogP contribution in [0.4, 0.5) is 0 Å². The third-order valence-electron chi connectivity index (χ3n) is 4.10. The van der Waals surface area contributed by atoms with Crippen molar-refractivity contribution in [1.82, 2.24) is 0 Å². The lowest BCUT2D eigenvalue weighted by atomic mass is 9.69. The average Bonchev–Trinajstić information content (AvgIpc) is 2.82. The summed E-state index contributed by atoms with van der Waals surface area (Å²) in [5, 5.41) is 11.5. The summed E-state index contributed by atoms with van der Waals surface area (Å²) in [6.45, 7) is 3.49. The Labute approximate surface area is 113 Å². The van der Waals surface area contributed by atoms with Crippen molar-refractivity contribution < 1.29 is 9.84 Å². The molecular formula is C14H20ClNO2. The van der Waals surface area contributed by atoms with E-state index in [4.69, 9.17) is 22.1 Å². The SMILES string of the molecule is CC(O)(Cc1ccc(Cl)cc1)C1(CN)CCOC1. The molecule has 1 heterocycles. The number of halogens is 1. The highest BCUT2D eigenvalue weighted by molar-refractivity contribution is 6.30. The predicted octanol–water partition coefficient (Wildman–Crippen LogP) is 2.00. The number of aliphatic hydroxyl groups is 1. The lowest BCUT2D eigenvalue weighted by Crippen LogP contribution is -2.52. The highest BCUT2D eigenvalue weighted by atomic mass is 35.5. The highest BCUT2D eigenvalue weighted by Crippen LogP contribution is 2.40. The van der Waals surface area contributed by atoms with E-state index in [0.29, 0.717) is 31.2 Å². The number of hydrogen-bond acceptors (Lipinski definition) is 3. The first-order chi connectivity index (χ1) is 8.49. The van der Waals surface area contributed by atoms with Gasteiger partial charge < -0.3 is 15.6 Å². The summed E-state index contributed by atoms with van der Waals surface area (Å²) in [5.41, 5.74) is 5.72. The number of ether oxygens (including phenoxy) is 1. The van der Waals surface area contributed by atoms with Crippen LogP contribution in [-0.4, -0.2) is 30.5 Å². The Hall–Kier alpha value is -0.610. The van der Waals surface area contributed by atoms with Gasteiger partial charge in [0.1, 0.15) is 0 Å². The van der Waals surface area contributed by atoms with Gasteiger partial charge in [-0.05, 0) is 31.0 Å². The van der Waals surface area contributed by atoms with E-state index in [0.717, 1.165) is 12.0 Å². The van der Waals surface area contributed by atoms with Gasteiger partial charge in [-0.1, -0.05) is 23.7 Å². The molecule has 1 aromatic carbocycles. The van der Waals surface area contributed by atoms with Crippen LogP contribution in [-0.2, 0) is 11.2 Å². The molecular weight excluding hydrogens is 250 g/mol. The highest BCUT2D eigenvalue weighted by Gasteiger charge is 2.48. The van der Waals surface area contributed by atoms with Crippen LogP contribution < -0.4 is 5.73 Å². The fraction of sp³-hybridized carbons (Fsp3) is 0.571. The Morgan fingerprint density at radius 3 is 2.61 bits per heavy atom. The monoisotopic (exact) mass is 269 g/mol. The van der Waals surface area contributed by atoms with E-state index in [1.54, 1.807) is 0 Å². The van der Waals surface area contributed by atoms with Crippen LogP contribution in [0.25, 0.3) is 0 Å². The minimum atomic E-state index is -0.869. The van der Waals surface area contributed by atoms with Gasteiger partial charge >= 0.3 is 0 Å². The molecule has 3 N–H and O–H groups in total. The van der Waals surface area contributed by atoms with Crippen molar-refractivity contribution in [3.05, 3.63) is 34.9 Å². The lowest BCUT2D eigenvalue weighted by molar-refractivity contribution is -0.0680. The van der Waals surface area contributed by atoms with Gasteiger partial charge in [0.15, 0.2) is 0 Å². The van der Waals surface area contributed by atoms with Crippen LogP contribution in [0.3, 0.4) is 0 Å². The van der Waals surface area contributed by atoms with E-state index in [1.165, 1.54) is 0 Å². The fourth-order valence-electron chi connectivity index (χ4n) is 2.60. The van der Waals surface area contributed by atoms with Crippen LogP contribution in [0, 0.1) is 5.41 Å². The van der Waals surface area contributed by atoms with Gasteiger partial charge in [-0.25, -0.2) is 0 Å². The summed E-state index contributed by atoms with van der Waals surface area (Å²) in [7, 11) is 0. The molecule has 0 aromatic heterocycles. The summed E-state index contributed by atoms with van der Waals surface area (Å²) < 4.78 is 5.43. The zero-order chi connectivity index (χ0) is 13.2. The molecule has 1 saturated heterocycles. The first-order valence-corrected chi connectivity index (χ1v) is 6.62. The van der Waals surface area contributed by atoms with Gasteiger partial charge in [-0.2, -0.15) is 0 Å². The molecule has 1 aliphatic rings. The zero-order valence-electron chi connectivity index (χ0n) is 10.7. The Bertz CT molecular complexity index is 397. The van der Waals surface area contributed by atoms with Gasteiger partial charge in [0.05, 0.1) is 12.2 Å². The summed E-state index contributed by atoms with van der Waals surface area (Å²) in [6, 6.07) is 7.56. The quantitative estimate of drug-likeness (QED) is 0.879. The maximum atomic E-state index is 10.8. The number of hydrogen-bond donors (Lipinski definition) is 2. The van der Waals surface area contributed by atoms with Gasteiger partial charge in [0.25, 0.3) is 0 Å². The van der Waals surface area contributed by atoms with E-state index in [2.05, 4.69) is 0 Å². The molecule has 1 aromatic rings. The molecule has 18 heavy (non-hydrogen) atoms. The van der Waals surface area contributed by atoms with Crippen molar-refractivity contribution in [2.75, 3.05) is 19.8 Å². The maximum Gasteiger partial charge on any atom is 0.0750 e. The largest absolute Gasteiger partial charge is 0.389 e. The fourth-order valence-corrected chi connectivity index (χ4v) is 2.73. The van der Waals surface area contributed by atoms with E-state index in [-0.39, 0.29) is 5.41 Å². The number of nitrogens with two attached hydrogens (primary N) is 1. The summed E-state index contributed by atoms with van der Waals surface area (Å²) in [4.78, 5) is 0. The van der Waals surface area contributed by atoms with E-state index < -0.39 is 5.60 Å². The van der Waals surface area contributed by atoms with Gasteiger partial charge in [-0.15, -0.1) is 0 Å². The number of benzene rings is 1. The first kappa shape index (κ1) is 13.8. The molecule has 2 rings (SSSR count). The minimum absolute atomic E-state index is 0.341. The summed E-state index contributed by atoms with van der Waals surface area (Å²) in [5.74, 6) is 0. The molecule has 0 bridgehead atoms. The molecule has 3 nitrogen and oxygen atoms in total. The first-order valence-electron chi connectivity index (χ1n) is 6.24. The molecule has 2 unspecified atom stereocenters. The summed E-state index contributed by atoms with van der Waals surface area (Å²) >= 11 is 5.86. The average molecular weight is 270 g/mol. The van der Waals surface area contributed by atoms with E-state index in [9.17, 15) is 5.11 Å². The van der Waals surface area contributed by atoms with Crippen LogP contribution in [0.15, 0.2) is 24.3 Å². The molecule has 4 heteroatoms. The van der Waals surface area contributed by atoms with Crippen molar-refractivity contribution in [2.24, 2.45) is 11.1 Å². The normalized spacial score (nSPS) is 27.1. The van der Waals surface area contributed by atoms with Crippen LogP contribution >= 0.6 is 11.6 Å². The number of rotatable bonds is 4. The summed E-state index contributed by atoms with van der Waals surface area (Å²) in [6.07, 6.45) is 1.37. The van der Waals surface area contributed by atoms with Crippen molar-refractivity contribution >= 4 is 11.6 Å². The Balaban J connectivity index is 2.17. The molecule has 0 saturated carbocycles. The lowest BCUT2D eigenvalue weighted by Gasteiger charge is -2.41. The molecule has 1 fully saturated rings. The molecule has 0 amide bonds. The topological polar surface area (TPSA) is 55.5 Å². The van der Waals surface area contributed by atoms with Crippen molar-refractivity contribution in [1.29, 1.82) is 0 Å². The minimum Gasteiger partial charge on any atom is -0.389 e. The second kappa shape index (κ2) is 5.17. The molecule has 2 atom stereocenters. The van der Waals surface area contributed by atoms with Crippen LogP contribution in [0.1, 0.15) is 18.9 Å². The van der Waals surface area contributed by atoms with Gasteiger partial charge in [0.2, 0.25) is 0 Å². The predicted molar refractivity (Wildman–Crippen MR) is 72.7 cm³/mol. The van der Waals surface area contributed by atoms with Gasteiger partial charge in [-0.3, -0.25) is 0 Å². The van der Waals surface area contributed by atoms with Crippen molar-refractivity contribution in [2.45, 2.75) is 25.4 Å². The van der Waals surface area contributed by atoms with Gasteiger partial charge in [0, 0.05) is 30.0 Å². The van der Waals surface area contributed by atoms with E-state index >= 15 is 0 Å². The van der Waals surface area contributed by atoms with Crippen molar-refractivity contribution in [3.8, 4) is 0 Å². The molecule has 0 spiro atoms. The van der Waals surface area contributed by atoms with Crippen LogP contribution in [0.2, 0.25) is 5.02 Å². The molecule has 0 aliphatic carbocycles. The Morgan fingerprint density at radius 2 is 2.11 bits per heavy atom. The zero-order valence-corrected chi connectivity index (χ0v) is 11.4. The Morgan fingerprint density at radius 1 is 1.44 bits per heavy atom. The third kappa shape index (κ3) is 2.54. The smallest absolute Gasteiger partial charge is 0.0750 e. The molecule has 1 aliphatic heterocycles. The standard InChI is InChI=1S/C14H20ClNO2/c1-13(17,14(9-16)6-7-18-10-14)8-11-2-4-12(15)5-3-11/h2-5,17H,6-10,16H2,1H3. The third-order valence-corrected chi connectivity index (χ3v) is 4.35. The molecule has 0 radical (unpaired) electrons. The van der Waals surface area contributed by atoms with Crippen LogP contribution in [0.5, 0.6) is 0 Å². The Kier molecular flexibility index (Phi) is 3.97. The van der Waals surface area contributed by atoms with E-state index in [1.807, 2.05) is 31.2 Å². The second-order valence-corrected chi connectivity index (χ2v) is 5.80. The maximum absolute atomic E-state index is 10.8. The van der Waals surface area contributed by atoms with Crippen molar-refractivity contribution in [3.63, 3.8) is 0 Å². The molecule has 100 valence electrons.